The van der Waals surface area contributed by atoms with E-state index < -0.39 is 22.6 Å². The largest absolute Gasteiger partial charge is 0.454 e. The van der Waals surface area contributed by atoms with Gasteiger partial charge in [0.2, 0.25) is 5.60 Å². The fraction of sp³-hybridized carbons (Fsp3) is 0.409. The Kier molecular flexibility index (Phi) is 3.81. The Morgan fingerprint density at radius 3 is 2.67 bits per heavy atom. The van der Waals surface area contributed by atoms with Crippen LogP contribution in [0, 0.1) is 21.4 Å². The van der Waals surface area contributed by atoms with Crippen LogP contribution >= 0.6 is 0 Å². The van der Waals surface area contributed by atoms with Gasteiger partial charge in [-0.3, -0.25) is 14.9 Å². The minimum Gasteiger partial charge on any atom is -0.454 e. The van der Waals surface area contributed by atoms with Crippen molar-refractivity contribution in [2.75, 3.05) is 0 Å². The number of hydrogen-bond acceptors (Lipinski definition) is 7. The first kappa shape index (κ1) is 18.7. The summed E-state index contributed by atoms with van der Waals surface area (Å²) in [5.74, 6) is -0.776. The molecule has 1 spiro atoms. The highest BCUT2D eigenvalue weighted by Crippen LogP contribution is 2.56. The van der Waals surface area contributed by atoms with Crippen molar-refractivity contribution in [1.29, 1.82) is 0 Å². The van der Waals surface area contributed by atoms with E-state index in [1.165, 1.54) is 12.1 Å². The minimum absolute atomic E-state index is 0.0164. The number of fused-ring (bicyclic) bond motifs is 4. The van der Waals surface area contributed by atoms with Crippen molar-refractivity contribution in [2.24, 2.45) is 16.5 Å². The Morgan fingerprint density at radius 2 is 1.97 bits per heavy atom. The number of benzene rings is 1. The van der Waals surface area contributed by atoms with Crippen molar-refractivity contribution in [2.45, 2.75) is 44.8 Å². The van der Waals surface area contributed by atoms with Crippen molar-refractivity contribution in [3.63, 3.8) is 0 Å². The standard InChI is InChI=1S/C22H20N2O6/c1-12-17(25)8-10-21(2)9-7-15-19(18(12)21)29-20(26)22(15)11-16(23-30-22)13-3-5-14(6-4-13)24(27)28/h3-6,8,10,15,19H,7,9,11H2,1-2H3/t15-,19+,21+,22+/m1/s1. The van der Waals surface area contributed by atoms with E-state index in [2.05, 4.69) is 12.1 Å². The number of oxime groups is 1. The first-order valence-corrected chi connectivity index (χ1v) is 9.91. The third kappa shape index (κ3) is 2.42. The molecule has 1 saturated heterocycles. The summed E-state index contributed by atoms with van der Waals surface area (Å²) in [6, 6.07) is 6.01. The molecule has 2 heterocycles. The first-order chi connectivity index (χ1) is 14.2. The predicted molar refractivity (Wildman–Crippen MR) is 106 cm³/mol. The fourth-order valence-electron chi connectivity index (χ4n) is 5.27. The summed E-state index contributed by atoms with van der Waals surface area (Å²) in [7, 11) is 0. The molecule has 0 unspecified atom stereocenters. The van der Waals surface area contributed by atoms with Crippen molar-refractivity contribution in [3.05, 3.63) is 63.2 Å². The average Bonchev–Trinajstić information content (AvgIpc) is 3.28. The number of carbonyl (C=O) groups is 2. The summed E-state index contributed by atoms with van der Waals surface area (Å²) >= 11 is 0. The number of allylic oxidation sites excluding steroid dienone is 3. The van der Waals surface area contributed by atoms with Gasteiger partial charge in [0.15, 0.2) is 5.78 Å². The van der Waals surface area contributed by atoms with E-state index in [0.29, 0.717) is 23.3 Å². The first-order valence-electron chi connectivity index (χ1n) is 9.91. The number of rotatable bonds is 2. The van der Waals surface area contributed by atoms with E-state index in [9.17, 15) is 19.7 Å². The summed E-state index contributed by atoms with van der Waals surface area (Å²) in [5, 5.41) is 15.0. The van der Waals surface area contributed by atoms with Crippen LogP contribution in [0.3, 0.4) is 0 Å². The SMILES string of the molecule is CC1=C2[C@H]3OC(=O)[C@]4(CC(c5ccc([N+](=O)[O-])cc5)=NO4)[C@@H]3CC[C@@]2(C)C=CC1=O. The summed E-state index contributed by atoms with van der Waals surface area (Å²) < 4.78 is 5.82. The summed E-state index contributed by atoms with van der Waals surface area (Å²) in [6.07, 6.45) is 4.72. The molecule has 0 radical (unpaired) electrons. The molecule has 154 valence electrons. The second-order valence-electron chi connectivity index (χ2n) is 8.62. The van der Waals surface area contributed by atoms with Gasteiger partial charge in [0.05, 0.1) is 16.6 Å². The molecule has 0 bridgehead atoms. The number of nitrogens with zero attached hydrogens (tertiary/aromatic N) is 2. The molecular weight excluding hydrogens is 388 g/mol. The molecule has 1 aromatic carbocycles. The highest BCUT2D eigenvalue weighted by atomic mass is 16.7. The molecule has 8 heteroatoms. The average molecular weight is 408 g/mol. The van der Waals surface area contributed by atoms with Crippen LogP contribution in [0.4, 0.5) is 5.69 Å². The van der Waals surface area contributed by atoms with Gasteiger partial charge in [-0.15, -0.1) is 0 Å². The molecule has 5 rings (SSSR count). The van der Waals surface area contributed by atoms with Crippen LogP contribution in [0.2, 0.25) is 0 Å². The highest BCUT2D eigenvalue weighted by molar-refractivity contribution is 6.07. The molecule has 2 fully saturated rings. The zero-order valence-corrected chi connectivity index (χ0v) is 16.6. The number of ketones is 1. The van der Waals surface area contributed by atoms with Crippen molar-refractivity contribution in [1.82, 2.24) is 0 Å². The number of nitro groups is 1. The molecule has 2 aliphatic carbocycles. The maximum atomic E-state index is 13.0. The molecule has 1 aromatic rings. The molecule has 0 N–H and O–H groups in total. The van der Waals surface area contributed by atoms with Gasteiger partial charge in [-0.2, -0.15) is 0 Å². The van der Waals surface area contributed by atoms with Gasteiger partial charge in [0, 0.05) is 29.5 Å². The highest BCUT2D eigenvalue weighted by Gasteiger charge is 2.66. The van der Waals surface area contributed by atoms with E-state index in [1.807, 2.05) is 6.08 Å². The lowest BCUT2D eigenvalue weighted by Gasteiger charge is -2.43. The molecule has 0 aromatic heterocycles. The molecule has 8 nitrogen and oxygen atoms in total. The Bertz CT molecular complexity index is 1090. The lowest BCUT2D eigenvalue weighted by atomic mass is 9.60. The zero-order chi connectivity index (χ0) is 21.3. The second kappa shape index (κ2) is 6.10. The van der Waals surface area contributed by atoms with Gasteiger partial charge in [-0.05, 0) is 49.1 Å². The van der Waals surface area contributed by atoms with E-state index in [1.54, 1.807) is 25.1 Å². The van der Waals surface area contributed by atoms with Crippen LogP contribution in [0.25, 0.3) is 0 Å². The van der Waals surface area contributed by atoms with Gasteiger partial charge in [0.1, 0.15) is 6.10 Å². The summed E-state index contributed by atoms with van der Waals surface area (Å²) in [4.78, 5) is 41.5. The molecular formula is C22H20N2O6. The van der Waals surface area contributed by atoms with E-state index in [-0.39, 0.29) is 29.2 Å². The van der Waals surface area contributed by atoms with Crippen LogP contribution in [0.15, 0.2) is 52.7 Å². The topological polar surface area (TPSA) is 108 Å². The van der Waals surface area contributed by atoms with E-state index in [0.717, 1.165) is 12.0 Å². The maximum Gasteiger partial charge on any atom is 0.354 e. The van der Waals surface area contributed by atoms with Crippen LogP contribution < -0.4 is 0 Å². The van der Waals surface area contributed by atoms with Gasteiger partial charge >= 0.3 is 5.97 Å². The predicted octanol–water partition coefficient (Wildman–Crippen LogP) is 3.26. The van der Waals surface area contributed by atoms with Crippen molar-refractivity contribution in [3.8, 4) is 0 Å². The maximum absolute atomic E-state index is 13.0. The number of non-ortho nitro benzene ring substituents is 1. The van der Waals surface area contributed by atoms with Gasteiger partial charge in [-0.25, -0.2) is 4.79 Å². The molecule has 2 aliphatic heterocycles. The van der Waals surface area contributed by atoms with Crippen LogP contribution in [-0.4, -0.2) is 34.1 Å². The van der Waals surface area contributed by atoms with Crippen molar-refractivity contribution >= 4 is 23.2 Å². The Hall–Kier alpha value is -3.29. The quantitative estimate of drug-likeness (QED) is 0.422. The number of hydrogen-bond donors (Lipinski definition) is 0. The molecule has 30 heavy (non-hydrogen) atoms. The number of esters is 1. The minimum atomic E-state index is -1.22. The third-order valence-electron chi connectivity index (χ3n) is 6.95. The van der Waals surface area contributed by atoms with E-state index >= 15 is 0 Å². The Labute approximate surface area is 172 Å². The Morgan fingerprint density at radius 1 is 1.23 bits per heavy atom. The molecule has 4 atom stereocenters. The van der Waals surface area contributed by atoms with Gasteiger partial charge in [-0.1, -0.05) is 18.2 Å². The molecule has 4 aliphatic rings. The summed E-state index contributed by atoms with van der Waals surface area (Å²) in [6.45, 7) is 3.85. The summed E-state index contributed by atoms with van der Waals surface area (Å²) in [5.41, 5.74) is 1.17. The van der Waals surface area contributed by atoms with E-state index in [4.69, 9.17) is 9.57 Å². The smallest absolute Gasteiger partial charge is 0.354 e. The van der Waals surface area contributed by atoms with Gasteiger partial charge < -0.3 is 9.57 Å². The second-order valence-corrected chi connectivity index (χ2v) is 8.62. The molecule has 0 amide bonds. The van der Waals surface area contributed by atoms with Crippen LogP contribution in [-0.2, 0) is 19.2 Å². The Balaban J connectivity index is 1.46. The fourth-order valence-corrected chi connectivity index (χ4v) is 5.27. The van der Waals surface area contributed by atoms with Crippen LogP contribution in [0.1, 0.15) is 38.7 Å². The normalized spacial score (nSPS) is 34.4. The lowest BCUT2D eigenvalue weighted by molar-refractivity contribution is -0.384. The van der Waals surface area contributed by atoms with Gasteiger partial charge in [0.25, 0.3) is 5.69 Å². The monoisotopic (exact) mass is 408 g/mol. The molecule has 1 saturated carbocycles. The number of nitro benzene ring substituents is 1. The van der Waals surface area contributed by atoms with Crippen molar-refractivity contribution < 1.29 is 24.1 Å². The third-order valence-corrected chi connectivity index (χ3v) is 6.95. The number of ether oxygens (including phenoxy) is 1. The lowest BCUT2D eigenvalue weighted by Crippen LogP contribution is -2.47. The number of carbonyl (C=O) groups excluding carboxylic acids is 2. The zero-order valence-electron chi connectivity index (χ0n) is 16.6. The van der Waals surface area contributed by atoms with Crippen LogP contribution in [0.5, 0.6) is 0 Å².